The lowest BCUT2D eigenvalue weighted by Gasteiger charge is -2.08. The fourth-order valence-corrected chi connectivity index (χ4v) is 1.53. The van der Waals surface area contributed by atoms with Gasteiger partial charge < -0.3 is 15.7 Å². The Morgan fingerprint density at radius 3 is 2.47 bits per heavy atom. The number of amides is 1. The highest BCUT2D eigenvalue weighted by Gasteiger charge is 2.04. The van der Waals surface area contributed by atoms with Crippen molar-refractivity contribution in [3.8, 4) is 5.75 Å². The van der Waals surface area contributed by atoms with E-state index < -0.39 is 5.82 Å². The quantitative estimate of drug-likeness (QED) is 0.740. The predicted octanol–water partition coefficient (Wildman–Crippen LogP) is 2.58. The molecule has 0 bridgehead atoms. The van der Waals surface area contributed by atoms with Gasteiger partial charge in [0.05, 0.1) is 12.2 Å². The summed E-state index contributed by atoms with van der Waals surface area (Å²) >= 11 is 0. The zero-order valence-electron chi connectivity index (χ0n) is 10.1. The molecular formula is C14H13FN2O2. The van der Waals surface area contributed by atoms with E-state index in [1.54, 1.807) is 30.3 Å². The zero-order chi connectivity index (χ0) is 13.7. The summed E-state index contributed by atoms with van der Waals surface area (Å²) < 4.78 is 13.3. The molecule has 19 heavy (non-hydrogen) atoms. The molecule has 0 spiro atoms. The second kappa shape index (κ2) is 5.86. The molecule has 4 nitrogen and oxygen atoms in total. The highest BCUT2D eigenvalue weighted by atomic mass is 19.1. The molecule has 98 valence electrons. The molecule has 0 aliphatic heterocycles. The number of hydrogen-bond donors (Lipinski definition) is 3. The third-order valence-corrected chi connectivity index (χ3v) is 2.46. The SMILES string of the molecule is O=C(CNc1ccccc1F)Nc1ccc(O)cc1. The predicted molar refractivity (Wildman–Crippen MR) is 71.6 cm³/mol. The molecule has 3 N–H and O–H groups in total. The lowest BCUT2D eigenvalue weighted by Crippen LogP contribution is -2.22. The number of halogens is 1. The Balaban J connectivity index is 1.88. The van der Waals surface area contributed by atoms with Gasteiger partial charge in [-0.3, -0.25) is 4.79 Å². The summed E-state index contributed by atoms with van der Waals surface area (Å²) in [6.07, 6.45) is 0. The van der Waals surface area contributed by atoms with E-state index in [0.717, 1.165) is 0 Å². The van der Waals surface area contributed by atoms with Gasteiger partial charge in [0.1, 0.15) is 11.6 Å². The van der Waals surface area contributed by atoms with Crippen molar-refractivity contribution in [2.24, 2.45) is 0 Å². The number of carbonyl (C=O) groups excluding carboxylic acids is 1. The maximum absolute atomic E-state index is 13.3. The molecule has 2 rings (SSSR count). The van der Waals surface area contributed by atoms with Crippen LogP contribution in [0.2, 0.25) is 0 Å². The molecule has 0 saturated heterocycles. The fraction of sp³-hybridized carbons (Fsp3) is 0.0714. The lowest BCUT2D eigenvalue weighted by molar-refractivity contribution is -0.114. The van der Waals surface area contributed by atoms with Crippen molar-refractivity contribution >= 4 is 17.3 Å². The van der Waals surface area contributed by atoms with Crippen molar-refractivity contribution < 1.29 is 14.3 Å². The van der Waals surface area contributed by atoms with Gasteiger partial charge >= 0.3 is 0 Å². The Morgan fingerprint density at radius 1 is 1.11 bits per heavy atom. The van der Waals surface area contributed by atoms with Crippen LogP contribution >= 0.6 is 0 Å². The maximum atomic E-state index is 13.3. The van der Waals surface area contributed by atoms with E-state index in [0.29, 0.717) is 5.69 Å². The van der Waals surface area contributed by atoms with Crippen molar-refractivity contribution in [2.75, 3.05) is 17.2 Å². The standard InChI is InChI=1S/C14H13FN2O2/c15-12-3-1-2-4-13(12)16-9-14(19)17-10-5-7-11(18)8-6-10/h1-8,16,18H,9H2,(H,17,19). The number of carbonyl (C=O) groups is 1. The Labute approximate surface area is 109 Å². The van der Waals surface area contributed by atoms with Gasteiger partial charge in [0, 0.05) is 5.69 Å². The van der Waals surface area contributed by atoms with E-state index in [4.69, 9.17) is 5.11 Å². The normalized spacial score (nSPS) is 9.95. The summed E-state index contributed by atoms with van der Waals surface area (Å²) in [5.74, 6) is -0.573. The molecule has 5 heteroatoms. The van der Waals surface area contributed by atoms with Crippen LogP contribution in [-0.4, -0.2) is 17.6 Å². The number of anilines is 2. The van der Waals surface area contributed by atoms with E-state index in [2.05, 4.69) is 10.6 Å². The summed E-state index contributed by atoms with van der Waals surface area (Å²) in [6, 6.07) is 12.2. The number of nitrogens with one attached hydrogen (secondary N) is 2. The van der Waals surface area contributed by atoms with Crippen molar-refractivity contribution in [3.05, 3.63) is 54.3 Å². The van der Waals surface area contributed by atoms with Crippen molar-refractivity contribution in [2.45, 2.75) is 0 Å². The number of hydrogen-bond acceptors (Lipinski definition) is 3. The van der Waals surface area contributed by atoms with Crippen LogP contribution in [0.5, 0.6) is 5.75 Å². The Bertz CT molecular complexity index is 570. The largest absolute Gasteiger partial charge is 0.508 e. The van der Waals surface area contributed by atoms with Gasteiger partial charge in [-0.15, -0.1) is 0 Å². The second-order valence-electron chi connectivity index (χ2n) is 3.93. The molecule has 0 aromatic heterocycles. The van der Waals surface area contributed by atoms with E-state index >= 15 is 0 Å². The molecule has 2 aromatic rings. The summed E-state index contributed by atoms with van der Waals surface area (Å²) in [4.78, 5) is 11.6. The maximum Gasteiger partial charge on any atom is 0.243 e. The molecule has 0 atom stereocenters. The van der Waals surface area contributed by atoms with Crippen LogP contribution < -0.4 is 10.6 Å². The van der Waals surface area contributed by atoms with Crippen molar-refractivity contribution in [1.82, 2.24) is 0 Å². The van der Waals surface area contributed by atoms with Gasteiger partial charge in [0.2, 0.25) is 5.91 Å². The molecule has 1 amide bonds. The Hall–Kier alpha value is -2.56. The smallest absolute Gasteiger partial charge is 0.243 e. The van der Waals surface area contributed by atoms with Crippen LogP contribution in [0.4, 0.5) is 15.8 Å². The van der Waals surface area contributed by atoms with Crippen LogP contribution in [0, 0.1) is 5.82 Å². The zero-order valence-corrected chi connectivity index (χ0v) is 10.1. The first kappa shape index (κ1) is 12.9. The summed E-state index contributed by atoms with van der Waals surface area (Å²) in [7, 11) is 0. The van der Waals surface area contributed by atoms with Crippen LogP contribution in [0.1, 0.15) is 0 Å². The minimum atomic E-state index is -0.403. The van der Waals surface area contributed by atoms with Crippen LogP contribution in [0.25, 0.3) is 0 Å². The number of benzene rings is 2. The topological polar surface area (TPSA) is 61.4 Å². The number of rotatable bonds is 4. The minimum Gasteiger partial charge on any atom is -0.508 e. The monoisotopic (exact) mass is 260 g/mol. The first-order valence-corrected chi connectivity index (χ1v) is 5.72. The minimum absolute atomic E-state index is 0.0399. The van der Waals surface area contributed by atoms with E-state index in [1.165, 1.54) is 18.2 Å². The average Bonchev–Trinajstić information content (AvgIpc) is 2.40. The number of phenolic OH excluding ortho intramolecular Hbond substituents is 1. The molecular weight excluding hydrogens is 247 g/mol. The third kappa shape index (κ3) is 3.70. The number of aromatic hydroxyl groups is 1. The molecule has 0 heterocycles. The summed E-state index contributed by atoms with van der Waals surface area (Å²) in [6.45, 7) is -0.0399. The molecule has 0 saturated carbocycles. The van der Waals surface area contributed by atoms with Gasteiger partial charge in [0.25, 0.3) is 0 Å². The first-order chi connectivity index (χ1) is 9.15. The van der Waals surface area contributed by atoms with Gasteiger partial charge in [-0.1, -0.05) is 12.1 Å². The average molecular weight is 260 g/mol. The Kier molecular flexibility index (Phi) is 3.97. The lowest BCUT2D eigenvalue weighted by atomic mass is 10.3. The molecule has 0 unspecified atom stereocenters. The molecule has 0 radical (unpaired) electrons. The molecule has 0 aliphatic carbocycles. The highest BCUT2D eigenvalue weighted by Crippen LogP contribution is 2.14. The fourth-order valence-electron chi connectivity index (χ4n) is 1.53. The van der Waals surface area contributed by atoms with Crippen molar-refractivity contribution in [1.29, 1.82) is 0 Å². The molecule has 0 aliphatic rings. The number of phenols is 1. The molecule has 2 aromatic carbocycles. The first-order valence-electron chi connectivity index (χ1n) is 5.72. The third-order valence-electron chi connectivity index (χ3n) is 2.46. The Morgan fingerprint density at radius 2 is 1.79 bits per heavy atom. The summed E-state index contributed by atoms with van der Waals surface area (Å²) in [5.41, 5.74) is 0.849. The van der Waals surface area contributed by atoms with Crippen molar-refractivity contribution in [3.63, 3.8) is 0 Å². The van der Waals surface area contributed by atoms with Gasteiger partial charge in [-0.25, -0.2) is 4.39 Å². The second-order valence-corrected chi connectivity index (χ2v) is 3.93. The summed E-state index contributed by atoms with van der Waals surface area (Å²) in [5, 5.41) is 14.4. The number of para-hydroxylation sites is 1. The van der Waals surface area contributed by atoms with Gasteiger partial charge in [0.15, 0.2) is 0 Å². The highest BCUT2D eigenvalue weighted by molar-refractivity contribution is 5.93. The van der Waals surface area contributed by atoms with E-state index in [-0.39, 0.29) is 23.9 Å². The molecule has 0 fully saturated rings. The van der Waals surface area contributed by atoms with E-state index in [9.17, 15) is 9.18 Å². The van der Waals surface area contributed by atoms with E-state index in [1.807, 2.05) is 0 Å². The van der Waals surface area contributed by atoms with Gasteiger partial charge in [-0.2, -0.15) is 0 Å². The van der Waals surface area contributed by atoms with Gasteiger partial charge in [-0.05, 0) is 36.4 Å². The van der Waals surface area contributed by atoms with Crippen LogP contribution in [0.3, 0.4) is 0 Å². The van der Waals surface area contributed by atoms with Crippen LogP contribution in [-0.2, 0) is 4.79 Å². The van der Waals surface area contributed by atoms with Crippen LogP contribution in [0.15, 0.2) is 48.5 Å².